The zero-order valence-electron chi connectivity index (χ0n) is 10.1. The zero-order valence-corrected chi connectivity index (χ0v) is 10.9. The summed E-state index contributed by atoms with van der Waals surface area (Å²) in [7, 11) is 1.89. The molecule has 2 rings (SSSR count). The van der Waals surface area contributed by atoms with E-state index in [1.165, 1.54) is 0 Å². The van der Waals surface area contributed by atoms with Crippen molar-refractivity contribution in [2.75, 3.05) is 26.9 Å². The van der Waals surface area contributed by atoms with Crippen molar-refractivity contribution < 1.29 is 9.47 Å². The third kappa shape index (κ3) is 2.63. The number of ether oxygens (including phenoxy) is 2. The van der Waals surface area contributed by atoms with Crippen molar-refractivity contribution in [3.8, 4) is 0 Å². The molecule has 6 heteroatoms. The molecular formula is C11H18ClN3O2. The molecule has 1 aromatic rings. The fraction of sp³-hybridized carbons (Fsp3) is 0.727. The highest BCUT2D eigenvalue weighted by atomic mass is 35.5. The first-order chi connectivity index (χ1) is 8.27. The molecule has 1 fully saturated rings. The third-order valence-corrected chi connectivity index (χ3v) is 3.24. The minimum Gasteiger partial charge on any atom is -0.376 e. The lowest BCUT2D eigenvalue weighted by molar-refractivity contribution is -0.102. The highest BCUT2D eigenvalue weighted by molar-refractivity contribution is 6.31. The van der Waals surface area contributed by atoms with Gasteiger partial charge in [0.2, 0.25) is 0 Å². The molecule has 17 heavy (non-hydrogen) atoms. The number of halogens is 1. The molecule has 2 atom stereocenters. The number of nitrogens with zero attached hydrogens (tertiary/aromatic N) is 2. The molecule has 0 aromatic carbocycles. The first-order valence-electron chi connectivity index (χ1n) is 5.85. The fourth-order valence-corrected chi connectivity index (χ4v) is 2.39. The van der Waals surface area contributed by atoms with Gasteiger partial charge in [-0.2, -0.15) is 5.10 Å². The predicted octanol–water partition coefficient (Wildman–Crippen LogP) is 1.23. The second-order valence-electron chi connectivity index (χ2n) is 3.94. The van der Waals surface area contributed by atoms with Crippen molar-refractivity contribution >= 4 is 11.6 Å². The number of likely N-dealkylation sites (N-methyl/N-ethyl adjacent to an activating group) is 1. The molecule has 2 heterocycles. The van der Waals surface area contributed by atoms with Gasteiger partial charge >= 0.3 is 0 Å². The third-order valence-electron chi connectivity index (χ3n) is 2.95. The van der Waals surface area contributed by atoms with Crippen molar-refractivity contribution in [2.45, 2.75) is 25.6 Å². The number of hydrogen-bond donors (Lipinski definition) is 1. The van der Waals surface area contributed by atoms with Gasteiger partial charge in [-0.15, -0.1) is 0 Å². The van der Waals surface area contributed by atoms with Crippen LogP contribution in [0.15, 0.2) is 6.20 Å². The molecule has 0 bridgehead atoms. The maximum absolute atomic E-state index is 6.20. The first kappa shape index (κ1) is 12.8. The Morgan fingerprint density at radius 1 is 1.65 bits per heavy atom. The van der Waals surface area contributed by atoms with Crippen LogP contribution in [-0.4, -0.2) is 42.8 Å². The Morgan fingerprint density at radius 2 is 2.47 bits per heavy atom. The van der Waals surface area contributed by atoms with E-state index in [2.05, 4.69) is 10.4 Å². The summed E-state index contributed by atoms with van der Waals surface area (Å²) in [6.45, 7) is 4.69. The Hall–Kier alpha value is -0.620. The number of hydrogen-bond acceptors (Lipinski definition) is 4. The van der Waals surface area contributed by atoms with Crippen molar-refractivity contribution in [3.63, 3.8) is 0 Å². The Morgan fingerprint density at radius 3 is 3.06 bits per heavy atom. The summed E-state index contributed by atoms with van der Waals surface area (Å²) in [5.74, 6) is 0. The van der Waals surface area contributed by atoms with Crippen LogP contribution in [0.4, 0.5) is 0 Å². The molecule has 1 aromatic heterocycles. The van der Waals surface area contributed by atoms with Crippen LogP contribution in [0, 0.1) is 0 Å². The molecule has 1 N–H and O–H groups in total. The molecule has 0 spiro atoms. The Balaban J connectivity index is 2.23. The molecule has 96 valence electrons. The van der Waals surface area contributed by atoms with Crippen LogP contribution in [0.1, 0.15) is 18.7 Å². The van der Waals surface area contributed by atoms with Gasteiger partial charge in [0.1, 0.15) is 6.10 Å². The fourth-order valence-electron chi connectivity index (χ4n) is 2.13. The van der Waals surface area contributed by atoms with Gasteiger partial charge in [-0.1, -0.05) is 11.6 Å². The molecule has 0 amide bonds. The van der Waals surface area contributed by atoms with E-state index in [1.54, 1.807) is 6.20 Å². The molecule has 1 saturated heterocycles. The van der Waals surface area contributed by atoms with Crippen LogP contribution in [0.3, 0.4) is 0 Å². The SMILES string of the molecule is CCn1ncc(Cl)c1C(NC)C1COCCO1. The lowest BCUT2D eigenvalue weighted by Crippen LogP contribution is -2.40. The lowest BCUT2D eigenvalue weighted by atomic mass is 10.1. The van der Waals surface area contributed by atoms with Crippen LogP contribution in [-0.2, 0) is 16.0 Å². The van der Waals surface area contributed by atoms with Gasteiger partial charge in [-0.3, -0.25) is 4.68 Å². The molecular weight excluding hydrogens is 242 g/mol. The average Bonchev–Trinajstić information content (AvgIpc) is 2.74. The van der Waals surface area contributed by atoms with Gasteiger partial charge in [-0.25, -0.2) is 0 Å². The Labute approximate surface area is 106 Å². The van der Waals surface area contributed by atoms with E-state index in [0.29, 0.717) is 24.8 Å². The van der Waals surface area contributed by atoms with Gasteiger partial charge in [0.15, 0.2) is 0 Å². The average molecular weight is 260 g/mol. The predicted molar refractivity (Wildman–Crippen MR) is 65.3 cm³/mol. The summed E-state index contributed by atoms with van der Waals surface area (Å²) in [6, 6.07) is 0.00486. The second kappa shape index (κ2) is 5.82. The largest absolute Gasteiger partial charge is 0.376 e. The molecule has 0 aliphatic carbocycles. The smallest absolute Gasteiger partial charge is 0.102 e. The molecule has 0 radical (unpaired) electrons. The van der Waals surface area contributed by atoms with E-state index in [-0.39, 0.29) is 12.1 Å². The van der Waals surface area contributed by atoms with Crippen molar-refractivity contribution in [1.29, 1.82) is 0 Å². The van der Waals surface area contributed by atoms with Crippen molar-refractivity contribution in [3.05, 3.63) is 16.9 Å². The topological polar surface area (TPSA) is 48.3 Å². The minimum absolute atomic E-state index is 0.00486. The van der Waals surface area contributed by atoms with Gasteiger partial charge in [0.05, 0.1) is 42.8 Å². The highest BCUT2D eigenvalue weighted by Crippen LogP contribution is 2.27. The van der Waals surface area contributed by atoms with Crippen LogP contribution in [0.2, 0.25) is 5.02 Å². The van der Waals surface area contributed by atoms with Crippen molar-refractivity contribution in [1.82, 2.24) is 15.1 Å². The summed E-state index contributed by atoms with van der Waals surface area (Å²) < 4.78 is 13.1. The Bertz CT molecular complexity index is 364. The Kier molecular flexibility index (Phi) is 4.39. The van der Waals surface area contributed by atoms with Gasteiger partial charge in [-0.05, 0) is 14.0 Å². The summed E-state index contributed by atoms with van der Waals surface area (Å²) in [5, 5.41) is 8.15. The molecule has 1 aliphatic rings. The normalized spacial score (nSPS) is 22.6. The number of aromatic nitrogens is 2. The highest BCUT2D eigenvalue weighted by Gasteiger charge is 2.29. The van der Waals surface area contributed by atoms with E-state index in [9.17, 15) is 0 Å². The van der Waals surface area contributed by atoms with E-state index >= 15 is 0 Å². The second-order valence-corrected chi connectivity index (χ2v) is 4.35. The monoisotopic (exact) mass is 259 g/mol. The summed E-state index contributed by atoms with van der Waals surface area (Å²) in [4.78, 5) is 0. The standard InChI is InChI=1S/C11H18ClN3O2/c1-3-15-11(8(12)6-14-15)10(13-2)9-7-16-4-5-17-9/h6,9-10,13H,3-5,7H2,1-2H3. The number of nitrogens with one attached hydrogen (secondary N) is 1. The van der Waals surface area contributed by atoms with E-state index in [1.807, 2.05) is 18.7 Å². The minimum atomic E-state index is -0.0201. The first-order valence-corrected chi connectivity index (χ1v) is 6.23. The van der Waals surface area contributed by atoms with Crippen LogP contribution in [0.25, 0.3) is 0 Å². The van der Waals surface area contributed by atoms with E-state index in [0.717, 1.165) is 12.2 Å². The molecule has 5 nitrogen and oxygen atoms in total. The number of aryl methyl sites for hydroxylation is 1. The van der Waals surface area contributed by atoms with Gasteiger partial charge in [0, 0.05) is 6.54 Å². The summed E-state index contributed by atoms with van der Waals surface area (Å²) >= 11 is 6.20. The lowest BCUT2D eigenvalue weighted by Gasteiger charge is -2.30. The van der Waals surface area contributed by atoms with E-state index < -0.39 is 0 Å². The summed E-state index contributed by atoms with van der Waals surface area (Å²) in [5.41, 5.74) is 0.965. The maximum Gasteiger partial charge on any atom is 0.102 e. The molecule has 2 unspecified atom stereocenters. The van der Waals surface area contributed by atoms with Crippen LogP contribution < -0.4 is 5.32 Å². The van der Waals surface area contributed by atoms with Crippen molar-refractivity contribution in [2.24, 2.45) is 0 Å². The van der Waals surface area contributed by atoms with Gasteiger partial charge in [0.25, 0.3) is 0 Å². The van der Waals surface area contributed by atoms with Crippen LogP contribution >= 0.6 is 11.6 Å². The molecule has 0 saturated carbocycles. The molecule has 1 aliphatic heterocycles. The quantitative estimate of drug-likeness (QED) is 0.884. The van der Waals surface area contributed by atoms with Crippen LogP contribution in [0.5, 0.6) is 0 Å². The van der Waals surface area contributed by atoms with Gasteiger partial charge < -0.3 is 14.8 Å². The summed E-state index contributed by atoms with van der Waals surface area (Å²) in [6.07, 6.45) is 1.65. The van der Waals surface area contributed by atoms with E-state index in [4.69, 9.17) is 21.1 Å². The maximum atomic E-state index is 6.20. The number of rotatable bonds is 4. The zero-order chi connectivity index (χ0) is 12.3.